The Morgan fingerprint density at radius 2 is 1.95 bits per heavy atom. The molecule has 0 aliphatic carbocycles. The van der Waals surface area contributed by atoms with Crippen molar-refractivity contribution in [1.82, 2.24) is 4.98 Å². The summed E-state index contributed by atoms with van der Waals surface area (Å²) in [5, 5.41) is 0. The minimum atomic E-state index is -0.266. The zero-order valence-electron chi connectivity index (χ0n) is 12.5. The van der Waals surface area contributed by atoms with Crippen molar-refractivity contribution in [3.63, 3.8) is 0 Å². The third-order valence-electron chi connectivity index (χ3n) is 3.39. The van der Waals surface area contributed by atoms with Gasteiger partial charge in [0.25, 0.3) is 0 Å². The lowest BCUT2D eigenvalue weighted by Gasteiger charge is -2.33. The van der Waals surface area contributed by atoms with Crippen molar-refractivity contribution in [3.8, 4) is 0 Å². The third kappa shape index (κ3) is 3.90. The van der Waals surface area contributed by atoms with E-state index in [-0.39, 0.29) is 12.4 Å². The highest BCUT2D eigenvalue weighted by Gasteiger charge is 2.22. The summed E-state index contributed by atoms with van der Waals surface area (Å²) in [7, 11) is 0. The molecule has 0 atom stereocenters. The fourth-order valence-corrected chi connectivity index (χ4v) is 2.36. The van der Waals surface area contributed by atoms with E-state index in [0.717, 1.165) is 19.4 Å². The van der Waals surface area contributed by atoms with Crippen molar-refractivity contribution >= 4 is 5.82 Å². The van der Waals surface area contributed by atoms with Crippen LogP contribution in [-0.2, 0) is 6.54 Å². The van der Waals surface area contributed by atoms with Gasteiger partial charge in [-0.1, -0.05) is 27.7 Å². The zero-order chi connectivity index (χ0) is 14.4. The molecular formula is C15H26FN3. The number of anilines is 1. The molecule has 0 spiro atoms. The van der Waals surface area contributed by atoms with Crippen molar-refractivity contribution in [2.24, 2.45) is 11.7 Å². The Hall–Kier alpha value is -1.16. The molecule has 3 nitrogen and oxygen atoms in total. The minimum Gasteiger partial charge on any atom is -0.351 e. The molecular weight excluding hydrogens is 241 g/mol. The van der Waals surface area contributed by atoms with Gasteiger partial charge in [-0.2, -0.15) is 0 Å². The number of nitrogens with two attached hydrogens (primary N) is 1. The summed E-state index contributed by atoms with van der Waals surface area (Å²) in [5.41, 5.74) is 6.11. The second kappa shape index (κ2) is 7.43. The van der Waals surface area contributed by atoms with Crippen molar-refractivity contribution in [1.29, 1.82) is 0 Å². The molecule has 4 heteroatoms. The van der Waals surface area contributed by atoms with Crippen LogP contribution in [0.3, 0.4) is 0 Å². The maximum Gasteiger partial charge on any atom is 0.170 e. The van der Waals surface area contributed by atoms with Gasteiger partial charge in [0.05, 0.1) is 0 Å². The molecule has 0 unspecified atom stereocenters. The van der Waals surface area contributed by atoms with Crippen LogP contribution in [0.5, 0.6) is 0 Å². The predicted octanol–water partition coefficient (Wildman–Crippen LogP) is 3.33. The third-order valence-corrected chi connectivity index (χ3v) is 3.39. The van der Waals surface area contributed by atoms with Crippen LogP contribution in [0.15, 0.2) is 12.3 Å². The SMILES string of the molecule is CCC(CC)N(CC(C)C)c1nccc(CN)c1F. The Labute approximate surface area is 116 Å². The van der Waals surface area contributed by atoms with Gasteiger partial charge in [-0.15, -0.1) is 0 Å². The monoisotopic (exact) mass is 267 g/mol. The summed E-state index contributed by atoms with van der Waals surface area (Å²) in [6, 6.07) is 1.97. The topological polar surface area (TPSA) is 42.2 Å². The lowest BCUT2D eigenvalue weighted by atomic mass is 10.1. The van der Waals surface area contributed by atoms with Gasteiger partial charge in [-0.3, -0.25) is 0 Å². The van der Waals surface area contributed by atoms with Crippen LogP contribution in [0.2, 0.25) is 0 Å². The van der Waals surface area contributed by atoms with Crippen molar-refractivity contribution in [3.05, 3.63) is 23.6 Å². The van der Waals surface area contributed by atoms with Gasteiger partial charge in [0.2, 0.25) is 0 Å². The Balaban J connectivity index is 3.16. The summed E-state index contributed by atoms with van der Waals surface area (Å²) in [6.45, 7) is 9.56. The van der Waals surface area contributed by atoms with Crippen LogP contribution < -0.4 is 10.6 Å². The molecule has 0 bridgehead atoms. The molecule has 0 amide bonds. The fourth-order valence-electron chi connectivity index (χ4n) is 2.36. The number of rotatable bonds is 7. The first-order valence-corrected chi connectivity index (χ1v) is 7.15. The molecule has 0 aliphatic heterocycles. The maximum absolute atomic E-state index is 14.4. The minimum absolute atomic E-state index is 0.208. The highest BCUT2D eigenvalue weighted by molar-refractivity contribution is 5.44. The molecule has 0 radical (unpaired) electrons. The van der Waals surface area contributed by atoms with E-state index in [0.29, 0.717) is 23.3 Å². The quantitative estimate of drug-likeness (QED) is 0.824. The van der Waals surface area contributed by atoms with Crippen molar-refractivity contribution in [2.75, 3.05) is 11.4 Å². The summed E-state index contributed by atoms with van der Waals surface area (Å²) in [6.07, 6.45) is 3.62. The Bertz CT molecular complexity index is 389. The van der Waals surface area contributed by atoms with E-state index in [1.165, 1.54) is 0 Å². The van der Waals surface area contributed by atoms with E-state index >= 15 is 0 Å². The number of halogens is 1. The van der Waals surface area contributed by atoms with Gasteiger partial charge in [-0.05, 0) is 24.8 Å². The van der Waals surface area contributed by atoms with Crippen LogP contribution in [0, 0.1) is 11.7 Å². The van der Waals surface area contributed by atoms with Crippen LogP contribution in [0.25, 0.3) is 0 Å². The number of aromatic nitrogens is 1. The Morgan fingerprint density at radius 3 is 2.42 bits per heavy atom. The molecule has 2 N–H and O–H groups in total. The molecule has 1 aromatic heterocycles. The van der Waals surface area contributed by atoms with E-state index in [2.05, 4.69) is 37.6 Å². The van der Waals surface area contributed by atoms with Crippen molar-refractivity contribution in [2.45, 2.75) is 53.1 Å². The van der Waals surface area contributed by atoms with Gasteiger partial charge >= 0.3 is 0 Å². The Kier molecular flexibility index (Phi) is 6.22. The highest BCUT2D eigenvalue weighted by Crippen LogP contribution is 2.24. The second-order valence-corrected chi connectivity index (χ2v) is 5.33. The lowest BCUT2D eigenvalue weighted by Crippen LogP contribution is -2.38. The molecule has 0 aliphatic rings. The zero-order valence-corrected chi connectivity index (χ0v) is 12.5. The van der Waals surface area contributed by atoms with Crippen LogP contribution in [-0.4, -0.2) is 17.6 Å². The first-order chi connectivity index (χ1) is 9.04. The maximum atomic E-state index is 14.4. The standard InChI is InChI=1S/C15H26FN3/c1-5-13(6-2)19(10-11(3)4)15-14(16)12(9-17)7-8-18-15/h7-8,11,13H,5-6,9-10,17H2,1-4H3. The summed E-state index contributed by atoms with van der Waals surface area (Å²) in [4.78, 5) is 6.35. The van der Waals surface area contributed by atoms with Gasteiger partial charge in [0.1, 0.15) is 0 Å². The van der Waals surface area contributed by atoms with Gasteiger partial charge in [0.15, 0.2) is 11.6 Å². The van der Waals surface area contributed by atoms with E-state index in [4.69, 9.17) is 5.73 Å². The molecule has 1 rings (SSSR count). The highest BCUT2D eigenvalue weighted by atomic mass is 19.1. The number of pyridine rings is 1. The first-order valence-electron chi connectivity index (χ1n) is 7.15. The average molecular weight is 267 g/mol. The fraction of sp³-hybridized carbons (Fsp3) is 0.667. The smallest absolute Gasteiger partial charge is 0.170 e. The average Bonchev–Trinajstić information content (AvgIpc) is 2.39. The van der Waals surface area contributed by atoms with Crippen LogP contribution >= 0.6 is 0 Å². The molecule has 0 saturated heterocycles. The van der Waals surface area contributed by atoms with Crippen molar-refractivity contribution < 1.29 is 4.39 Å². The summed E-state index contributed by atoms with van der Waals surface area (Å²) < 4.78 is 14.4. The molecule has 19 heavy (non-hydrogen) atoms. The molecule has 0 saturated carbocycles. The largest absolute Gasteiger partial charge is 0.351 e. The molecule has 1 heterocycles. The molecule has 108 valence electrons. The van der Waals surface area contributed by atoms with Gasteiger partial charge in [-0.25, -0.2) is 9.37 Å². The normalized spacial score (nSPS) is 11.4. The molecule has 0 aromatic carbocycles. The predicted molar refractivity (Wildman–Crippen MR) is 78.6 cm³/mol. The van der Waals surface area contributed by atoms with E-state index in [1.807, 2.05) is 0 Å². The summed E-state index contributed by atoms with van der Waals surface area (Å²) in [5.74, 6) is 0.645. The number of nitrogens with zero attached hydrogens (tertiary/aromatic N) is 2. The van der Waals surface area contributed by atoms with E-state index in [1.54, 1.807) is 12.3 Å². The van der Waals surface area contributed by atoms with E-state index in [9.17, 15) is 4.39 Å². The molecule has 1 aromatic rings. The van der Waals surface area contributed by atoms with Gasteiger partial charge in [0, 0.05) is 30.9 Å². The first kappa shape index (κ1) is 15.9. The van der Waals surface area contributed by atoms with Crippen LogP contribution in [0.1, 0.15) is 46.1 Å². The second-order valence-electron chi connectivity index (χ2n) is 5.33. The lowest BCUT2D eigenvalue weighted by molar-refractivity contribution is 0.488. The summed E-state index contributed by atoms with van der Waals surface area (Å²) >= 11 is 0. The van der Waals surface area contributed by atoms with Crippen LogP contribution in [0.4, 0.5) is 10.2 Å². The molecule has 0 fully saturated rings. The number of hydrogen-bond donors (Lipinski definition) is 1. The number of hydrogen-bond acceptors (Lipinski definition) is 3. The Morgan fingerprint density at radius 1 is 1.32 bits per heavy atom. The van der Waals surface area contributed by atoms with Gasteiger partial charge < -0.3 is 10.6 Å². The van der Waals surface area contributed by atoms with E-state index < -0.39 is 0 Å².